The van der Waals surface area contributed by atoms with Crippen molar-refractivity contribution in [3.05, 3.63) is 254 Å². The molecule has 12 rings (SSSR count). The van der Waals surface area contributed by atoms with Crippen molar-refractivity contribution in [3.8, 4) is 61.3 Å². The predicted octanol–water partition coefficient (Wildman–Crippen LogP) is 17.2. The molecule has 0 amide bonds. The van der Waals surface area contributed by atoms with Gasteiger partial charge >= 0.3 is 0 Å². The third-order valence-corrected chi connectivity index (χ3v) is 13.6. The monoisotopic (exact) mass is 830 g/mol. The molecular formula is C63H46N2. The second kappa shape index (κ2) is 15.6. The van der Waals surface area contributed by atoms with Gasteiger partial charge < -0.3 is 9.47 Å². The Morgan fingerprint density at radius 1 is 0.308 bits per heavy atom. The molecule has 0 radical (unpaired) electrons. The maximum atomic E-state index is 2.44. The summed E-state index contributed by atoms with van der Waals surface area (Å²) in [5, 5.41) is 2.55. The van der Waals surface area contributed by atoms with Crippen LogP contribution in [0.1, 0.15) is 25.0 Å². The molecule has 0 aliphatic heterocycles. The first-order valence-electron chi connectivity index (χ1n) is 22.6. The maximum Gasteiger partial charge on any atom is 0.0541 e. The second-order valence-electron chi connectivity index (χ2n) is 17.8. The molecular weight excluding hydrogens is 785 g/mol. The van der Waals surface area contributed by atoms with Crippen molar-refractivity contribution >= 4 is 38.9 Å². The van der Waals surface area contributed by atoms with Crippen LogP contribution in [0.3, 0.4) is 0 Å². The summed E-state index contributed by atoms with van der Waals surface area (Å²) in [7, 11) is 0. The molecule has 0 saturated carbocycles. The van der Waals surface area contributed by atoms with E-state index in [0.717, 1.165) is 17.1 Å². The quantitative estimate of drug-likeness (QED) is 0.148. The van der Waals surface area contributed by atoms with Crippen LogP contribution in [0.5, 0.6) is 0 Å². The molecule has 0 fully saturated rings. The first-order chi connectivity index (χ1) is 32.0. The van der Waals surface area contributed by atoms with E-state index < -0.39 is 0 Å². The van der Waals surface area contributed by atoms with Crippen LogP contribution in [0.25, 0.3) is 83.1 Å². The van der Waals surface area contributed by atoms with Crippen molar-refractivity contribution < 1.29 is 0 Å². The van der Waals surface area contributed by atoms with Crippen LogP contribution in [-0.4, -0.2) is 4.57 Å². The van der Waals surface area contributed by atoms with Crippen molar-refractivity contribution in [2.45, 2.75) is 19.3 Å². The molecule has 0 spiro atoms. The largest absolute Gasteiger partial charge is 0.310 e. The highest BCUT2D eigenvalue weighted by atomic mass is 15.1. The Labute approximate surface area is 381 Å². The van der Waals surface area contributed by atoms with E-state index in [1.54, 1.807) is 0 Å². The van der Waals surface area contributed by atoms with E-state index in [1.165, 1.54) is 94.3 Å². The summed E-state index contributed by atoms with van der Waals surface area (Å²) in [6, 6.07) is 88.8. The number of benzene rings is 10. The van der Waals surface area contributed by atoms with Gasteiger partial charge in [0.15, 0.2) is 0 Å². The average molecular weight is 831 g/mol. The molecule has 1 aliphatic rings. The molecule has 1 aromatic heterocycles. The minimum Gasteiger partial charge on any atom is -0.310 e. The highest BCUT2D eigenvalue weighted by molar-refractivity contribution is 6.09. The van der Waals surface area contributed by atoms with E-state index in [9.17, 15) is 0 Å². The van der Waals surface area contributed by atoms with Crippen molar-refractivity contribution in [1.29, 1.82) is 0 Å². The third kappa shape index (κ3) is 6.65. The van der Waals surface area contributed by atoms with Crippen molar-refractivity contribution in [3.63, 3.8) is 0 Å². The van der Waals surface area contributed by atoms with Crippen LogP contribution in [-0.2, 0) is 5.41 Å². The third-order valence-electron chi connectivity index (χ3n) is 13.6. The normalized spacial score (nSPS) is 12.6. The van der Waals surface area contributed by atoms with Gasteiger partial charge in [0.2, 0.25) is 0 Å². The molecule has 0 bridgehead atoms. The fourth-order valence-corrected chi connectivity index (χ4v) is 10.3. The zero-order valence-corrected chi connectivity index (χ0v) is 36.5. The number of hydrogen-bond acceptors (Lipinski definition) is 1. The number of rotatable bonds is 8. The standard InChI is InChI=1S/C63H46N2/c1-63(2)59-41-53(34-36-55(59)56-37-35-54(42-60(56)63)65-61-28-11-9-26-57(61)58-27-10-12-29-62(58)65)64(51-32-30-45(31-33-51)48-22-13-20-46(38-48)43-16-5-3-6-17-43)52-25-15-24-50(40-52)49-23-14-21-47(39-49)44-18-7-4-8-19-44/h3-42H,1-2H3. The number of fused-ring (bicyclic) bond motifs is 6. The minimum atomic E-state index is -0.242. The molecule has 10 aromatic carbocycles. The van der Waals surface area contributed by atoms with Gasteiger partial charge in [0, 0.05) is 38.9 Å². The number of anilines is 3. The van der Waals surface area contributed by atoms with E-state index in [1.807, 2.05) is 0 Å². The van der Waals surface area contributed by atoms with E-state index in [2.05, 4.69) is 266 Å². The van der Waals surface area contributed by atoms with Gasteiger partial charge in [0.25, 0.3) is 0 Å². The number of para-hydroxylation sites is 2. The van der Waals surface area contributed by atoms with Crippen molar-refractivity contribution in [1.82, 2.24) is 4.57 Å². The fourth-order valence-electron chi connectivity index (χ4n) is 10.3. The zero-order valence-electron chi connectivity index (χ0n) is 36.5. The number of hydrogen-bond donors (Lipinski definition) is 0. The topological polar surface area (TPSA) is 8.17 Å². The van der Waals surface area contributed by atoms with Crippen LogP contribution < -0.4 is 4.90 Å². The fraction of sp³-hybridized carbons (Fsp3) is 0.0476. The summed E-state index contributed by atoms with van der Waals surface area (Å²) in [6.45, 7) is 4.78. The average Bonchev–Trinajstić information content (AvgIpc) is 3.82. The lowest BCUT2D eigenvalue weighted by molar-refractivity contribution is 0.660. The summed E-state index contributed by atoms with van der Waals surface area (Å²) < 4.78 is 2.43. The SMILES string of the molecule is CC1(C)c2cc(N(c3ccc(-c4cccc(-c5ccccc5)c4)cc3)c3cccc(-c4cccc(-c5ccccc5)c4)c3)ccc2-c2ccc(-n3c4ccccc4c4ccccc43)cc21. The highest BCUT2D eigenvalue weighted by Crippen LogP contribution is 2.52. The molecule has 2 heteroatoms. The maximum absolute atomic E-state index is 2.44. The van der Waals surface area contributed by atoms with Crippen LogP contribution in [0.15, 0.2) is 243 Å². The van der Waals surface area contributed by atoms with E-state index >= 15 is 0 Å². The Kier molecular flexibility index (Phi) is 9.21. The van der Waals surface area contributed by atoms with Gasteiger partial charge in [-0.05, 0) is 140 Å². The van der Waals surface area contributed by atoms with Crippen LogP contribution in [0.2, 0.25) is 0 Å². The minimum absolute atomic E-state index is 0.242. The molecule has 0 saturated heterocycles. The number of nitrogens with zero attached hydrogens (tertiary/aromatic N) is 2. The molecule has 1 heterocycles. The van der Waals surface area contributed by atoms with Gasteiger partial charge in [-0.2, -0.15) is 0 Å². The summed E-state index contributed by atoms with van der Waals surface area (Å²) in [5.41, 5.74) is 21.6. The van der Waals surface area contributed by atoms with Crippen molar-refractivity contribution in [2.75, 3.05) is 4.90 Å². The van der Waals surface area contributed by atoms with Gasteiger partial charge in [-0.15, -0.1) is 0 Å². The Morgan fingerprint density at radius 3 is 1.31 bits per heavy atom. The van der Waals surface area contributed by atoms with E-state index in [0.29, 0.717) is 0 Å². The van der Waals surface area contributed by atoms with Crippen molar-refractivity contribution in [2.24, 2.45) is 0 Å². The van der Waals surface area contributed by atoms with Gasteiger partial charge in [0.1, 0.15) is 0 Å². The van der Waals surface area contributed by atoms with E-state index in [4.69, 9.17) is 0 Å². The molecule has 2 nitrogen and oxygen atoms in total. The number of aromatic nitrogens is 1. The molecule has 0 N–H and O–H groups in total. The summed E-state index contributed by atoms with van der Waals surface area (Å²) in [6.07, 6.45) is 0. The highest BCUT2D eigenvalue weighted by Gasteiger charge is 2.36. The first kappa shape index (κ1) is 38.5. The van der Waals surface area contributed by atoms with Gasteiger partial charge in [0.05, 0.1) is 11.0 Å². The summed E-state index contributed by atoms with van der Waals surface area (Å²) in [4.78, 5) is 2.43. The molecule has 1 aliphatic carbocycles. The van der Waals surface area contributed by atoms with Crippen LogP contribution in [0.4, 0.5) is 17.1 Å². The molecule has 0 unspecified atom stereocenters. The molecule has 0 atom stereocenters. The molecule has 308 valence electrons. The smallest absolute Gasteiger partial charge is 0.0541 e. The predicted molar refractivity (Wildman–Crippen MR) is 275 cm³/mol. The molecule has 11 aromatic rings. The Balaban J connectivity index is 0.961. The van der Waals surface area contributed by atoms with Gasteiger partial charge in [-0.3, -0.25) is 0 Å². The lowest BCUT2D eigenvalue weighted by Crippen LogP contribution is -2.17. The summed E-state index contributed by atoms with van der Waals surface area (Å²) in [5.74, 6) is 0. The van der Waals surface area contributed by atoms with Crippen LogP contribution in [0, 0.1) is 0 Å². The Hall–Kier alpha value is -8.20. The second-order valence-corrected chi connectivity index (χ2v) is 17.8. The first-order valence-corrected chi connectivity index (χ1v) is 22.6. The molecule has 65 heavy (non-hydrogen) atoms. The Bertz CT molecular complexity index is 3510. The van der Waals surface area contributed by atoms with E-state index in [-0.39, 0.29) is 5.41 Å². The van der Waals surface area contributed by atoms with Crippen LogP contribution >= 0.6 is 0 Å². The Morgan fingerprint density at radius 2 is 0.723 bits per heavy atom. The summed E-state index contributed by atoms with van der Waals surface area (Å²) >= 11 is 0. The lowest BCUT2D eigenvalue weighted by atomic mass is 9.82. The van der Waals surface area contributed by atoms with Gasteiger partial charge in [-0.1, -0.05) is 184 Å². The zero-order chi connectivity index (χ0) is 43.5. The van der Waals surface area contributed by atoms with Gasteiger partial charge in [-0.25, -0.2) is 0 Å². The lowest BCUT2D eigenvalue weighted by Gasteiger charge is -2.28.